The first kappa shape index (κ1) is 31.3. The van der Waals surface area contributed by atoms with E-state index < -0.39 is 27.0 Å². The fourth-order valence-electron chi connectivity index (χ4n) is 4.85. The van der Waals surface area contributed by atoms with Gasteiger partial charge in [0, 0.05) is 17.7 Å². The van der Waals surface area contributed by atoms with Crippen molar-refractivity contribution in [2.24, 2.45) is 0 Å². The number of hydrogen-bond donors (Lipinski definition) is 1. The average Bonchev–Trinajstić information content (AvgIpc) is 3.07. The van der Waals surface area contributed by atoms with E-state index in [1.54, 1.807) is 18.2 Å². The third kappa shape index (κ3) is 7.74. The van der Waals surface area contributed by atoms with Crippen LogP contribution in [0.5, 0.6) is 28.7 Å². The molecule has 10 heteroatoms. The number of fused-ring (bicyclic) bond motifs is 1. The molecule has 6 aromatic rings. The molecule has 5 aromatic carbocycles. The zero-order valence-corrected chi connectivity index (χ0v) is 26.1. The highest BCUT2D eigenvalue weighted by Gasteiger charge is 2.25. The van der Waals surface area contributed by atoms with Gasteiger partial charge in [-0.15, -0.1) is 0 Å². The van der Waals surface area contributed by atoms with Crippen LogP contribution < -0.4 is 23.8 Å². The van der Waals surface area contributed by atoms with Crippen LogP contribution in [0.15, 0.2) is 131 Å². The molecule has 0 aliphatic heterocycles. The van der Waals surface area contributed by atoms with Crippen molar-refractivity contribution in [3.8, 4) is 40.1 Å². The number of rotatable bonds is 12. The second-order valence-electron chi connectivity index (χ2n) is 10.7. The van der Waals surface area contributed by atoms with E-state index in [4.69, 9.17) is 22.8 Å². The van der Waals surface area contributed by atoms with E-state index in [0.717, 1.165) is 22.9 Å². The van der Waals surface area contributed by atoms with Gasteiger partial charge in [-0.3, -0.25) is 4.79 Å². The van der Waals surface area contributed by atoms with Crippen LogP contribution in [0.1, 0.15) is 16.7 Å². The molecule has 238 valence electrons. The second-order valence-corrected chi connectivity index (χ2v) is 12.3. The maximum atomic E-state index is 13.7. The molecule has 0 saturated heterocycles. The lowest BCUT2D eigenvalue weighted by atomic mass is 10.1. The van der Waals surface area contributed by atoms with E-state index in [2.05, 4.69) is 0 Å². The van der Waals surface area contributed by atoms with Gasteiger partial charge in [-0.25, -0.2) is 0 Å². The van der Waals surface area contributed by atoms with E-state index in [1.165, 1.54) is 12.1 Å². The first-order valence-corrected chi connectivity index (χ1v) is 16.4. The van der Waals surface area contributed by atoms with Crippen LogP contribution >= 0.6 is 0 Å². The minimum Gasteiger partial charge on any atom is -0.507 e. The maximum Gasteiger partial charge on any atom is 0.306 e. The van der Waals surface area contributed by atoms with Crippen LogP contribution in [-0.4, -0.2) is 19.8 Å². The first-order chi connectivity index (χ1) is 22.7. The molecule has 0 aliphatic carbocycles. The van der Waals surface area contributed by atoms with Crippen molar-refractivity contribution in [2.75, 3.05) is 6.26 Å². The highest BCUT2D eigenvalue weighted by atomic mass is 32.2. The topological polar surface area (TPSA) is 122 Å². The molecule has 0 spiro atoms. The summed E-state index contributed by atoms with van der Waals surface area (Å²) in [6.07, 6.45) is 0.815. The van der Waals surface area contributed by atoms with Gasteiger partial charge in [0.2, 0.25) is 11.2 Å². The zero-order chi connectivity index (χ0) is 32.8. The van der Waals surface area contributed by atoms with Crippen molar-refractivity contribution in [3.63, 3.8) is 0 Å². The summed E-state index contributed by atoms with van der Waals surface area (Å²) < 4.78 is 54.1. The molecule has 1 aromatic heterocycles. The Morgan fingerprint density at radius 2 is 1.19 bits per heavy atom. The summed E-state index contributed by atoms with van der Waals surface area (Å²) in [6, 6.07) is 36.1. The van der Waals surface area contributed by atoms with Gasteiger partial charge in [-0.2, -0.15) is 8.42 Å². The van der Waals surface area contributed by atoms with Gasteiger partial charge < -0.3 is 27.9 Å². The second kappa shape index (κ2) is 13.7. The van der Waals surface area contributed by atoms with Gasteiger partial charge >= 0.3 is 10.1 Å². The lowest BCUT2D eigenvalue weighted by molar-refractivity contribution is 0.256. The maximum absolute atomic E-state index is 13.7. The quantitative estimate of drug-likeness (QED) is 0.137. The molecular weight excluding hydrogens is 620 g/mol. The van der Waals surface area contributed by atoms with Gasteiger partial charge in [0.1, 0.15) is 42.3 Å². The van der Waals surface area contributed by atoms with Gasteiger partial charge in [0.15, 0.2) is 17.3 Å². The SMILES string of the molecule is CS(=O)(=O)Oc1c(-c2ccc(OCc3ccccc3)c(OCc3ccccc3)c2)oc2cc(OCc3ccccc3)cc(O)c2c1=O. The van der Waals surface area contributed by atoms with Gasteiger partial charge in [0.05, 0.1) is 6.26 Å². The highest BCUT2D eigenvalue weighted by Crippen LogP contribution is 2.40. The third-order valence-corrected chi connectivity index (χ3v) is 7.54. The summed E-state index contributed by atoms with van der Waals surface area (Å²) in [4.78, 5) is 13.7. The van der Waals surface area contributed by atoms with E-state index in [-0.39, 0.29) is 47.9 Å². The average molecular weight is 651 g/mol. The van der Waals surface area contributed by atoms with Crippen LogP contribution in [0.25, 0.3) is 22.3 Å². The Hall–Kier alpha value is -5.74. The van der Waals surface area contributed by atoms with Crippen molar-refractivity contribution in [3.05, 3.63) is 148 Å². The highest BCUT2D eigenvalue weighted by molar-refractivity contribution is 7.86. The van der Waals surface area contributed by atoms with E-state index in [1.807, 2.05) is 91.0 Å². The minimum absolute atomic E-state index is 0.0370. The molecule has 6 rings (SSSR count). The lowest BCUT2D eigenvalue weighted by Gasteiger charge is -2.16. The summed E-state index contributed by atoms with van der Waals surface area (Å²) in [5, 5.41) is 10.6. The fraction of sp³-hybridized carbons (Fsp3) is 0.108. The van der Waals surface area contributed by atoms with Crippen LogP contribution in [0.4, 0.5) is 0 Å². The molecule has 1 N–H and O–H groups in total. The minimum atomic E-state index is -4.19. The van der Waals surface area contributed by atoms with Crippen molar-refractivity contribution in [1.29, 1.82) is 0 Å². The predicted octanol–water partition coefficient (Wildman–Crippen LogP) is 7.24. The third-order valence-electron chi connectivity index (χ3n) is 7.07. The molecule has 0 atom stereocenters. The Morgan fingerprint density at radius 1 is 0.660 bits per heavy atom. The summed E-state index contributed by atoms with van der Waals surface area (Å²) >= 11 is 0. The molecule has 0 aliphatic rings. The summed E-state index contributed by atoms with van der Waals surface area (Å²) in [7, 11) is -4.19. The Balaban J connectivity index is 1.43. The van der Waals surface area contributed by atoms with Crippen molar-refractivity contribution in [2.45, 2.75) is 19.8 Å². The molecule has 0 amide bonds. The van der Waals surface area contributed by atoms with Crippen LogP contribution in [0.2, 0.25) is 0 Å². The Labute approximate surface area is 271 Å². The number of phenols is 1. The summed E-state index contributed by atoms with van der Waals surface area (Å²) in [6.45, 7) is 0.668. The number of phenolic OH excluding ortho intramolecular Hbond substituents is 1. The van der Waals surface area contributed by atoms with E-state index in [0.29, 0.717) is 11.5 Å². The Bertz CT molecular complexity index is 2160. The molecule has 0 bridgehead atoms. The zero-order valence-electron chi connectivity index (χ0n) is 25.3. The number of ether oxygens (including phenoxy) is 3. The predicted molar refractivity (Wildman–Crippen MR) is 177 cm³/mol. The molecule has 0 unspecified atom stereocenters. The van der Waals surface area contributed by atoms with Gasteiger partial charge in [-0.05, 0) is 34.9 Å². The Morgan fingerprint density at radius 3 is 1.74 bits per heavy atom. The van der Waals surface area contributed by atoms with E-state index >= 15 is 0 Å². The van der Waals surface area contributed by atoms with Crippen molar-refractivity contribution < 1.29 is 36.3 Å². The van der Waals surface area contributed by atoms with Gasteiger partial charge in [0.25, 0.3) is 0 Å². The molecule has 0 saturated carbocycles. The lowest BCUT2D eigenvalue weighted by Crippen LogP contribution is -2.15. The molecule has 47 heavy (non-hydrogen) atoms. The van der Waals surface area contributed by atoms with Crippen LogP contribution in [-0.2, 0) is 29.9 Å². The molecule has 0 radical (unpaired) electrons. The van der Waals surface area contributed by atoms with Crippen molar-refractivity contribution >= 4 is 21.1 Å². The van der Waals surface area contributed by atoms with Crippen LogP contribution in [0, 0.1) is 0 Å². The standard InChI is InChI=1S/C37H30O9S/c1-47(40,41)46-37-35(39)34-30(38)20-29(42-22-25-11-5-2-6-12-25)21-33(34)45-36(37)28-17-18-31(43-23-26-13-7-3-8-14-26)32(19-28)44-24-27-15-9-4-10-16-27/h2-21,38H,22-24H2,1H3. The monoisotopic (exact) mass is 650 g/mol. The molecular formula is C37H30O9S. The summed E-state index contributed by atoms with van der Waals surface area (Å²) in [5.41, 5.74) is 2.10. The number of aromatic hydroxyl groups is 1. The van der Waals surface area contributed by atoms with Crippen LogP contribution in [0.3, 0.4) is 0 Å². The number of benzene rings is 5. The smallest absolute Gasteiger partial charge is 0.306 e. The molecule has 0 fully saturated rings. The first-order valence-electron chi connectivity index (χ1n) is 14.6. The Kier molecular flexibility index (Phi) is 9.12. The molecule has 9 nitrogen and oxygen atoms in total. The van der Waals surface area contributed by atoms with Crippen molar-refractivity contribution in [1.82, 2.24) is 0 Å². The molecule has 1 heterocycles. The fourth-order valence-corrected chi connectivity index (χ4v) is 5.31. The summed E-state index contributed by atoms with van der Waals surface area (Å²) in [5.74, 6) is -0.288. The van der Waals surface area contributed by atoms with Gasteiger partial charge in [-0.1, -0.05) is 91.0 Å². The largest absolute Gasteiger partial charge is 0.507 e. The normalized spacial score (nSPS) is 11.3. The number of hydrogen-bond acceptors (Lipinski definition) is 9. The van der Waals surface area contributed by atoms with E-state index in [9.17, 15) is 18.3 Å².